The molecule has 2 amide bonds. The molecule has 5 nitrogen and oxygen atoms in total. The Morgan fingerprint density at radius 2 is 1.88 bits per heavy atom. The molecule has 0 heterocycles. The zero-order valence-corrected chi connectivity index (χ0v) is 13.0. The summed E-state index contributed by atoms with van der Waals surface area (Å²) in [7, 11) is 0. The normalized spacial score (nSPS) is 10.8. The highest BCUT2D eigenvalue weighted by molar-refractivity contribution is 5.85. The number of nitrogens with zero attached hydrogens (tertiary/aromatic N) is 1. The van der Waals surface area contributed by atoms with E-state index in [0.717, 1.165) is 16.9 Å². The van der Waals surface area contributed by atoms with Crippen molar-refractivity contribution in [3.8, 4) is 5.75 Å². The molecule has 0 unspecified atom stereocenters. The van der Waals surface area contributed by atoms with Crippen LogP contribution in [0.15, 0.2) is 71.8 Å². The summed E-state index contributed by atoms with van der Waals surface area (Å²) in [4.78, 5) is 10.6. The number of hydrogen-bond donors (Lipinski definition) is 2. The van der Waals surface area contributed by atoms with Gasteiger partial charge >= 0.3 is 6.03 Å². The maximum atomic E-state index is 10.6. The molecule has 3 aromatic rings. The van der Waals surface area contributed by atoms with E-state index in [9.17, 15) is 4.79 Å². The number of ether oxygens (including phenoxy) is 1. The molecule has 120 valence electrons. The molecule has 3 aromatic carbocycles. The number of nitrogens with one attached hydrogen (secondary N) is 1. The number of rotatable bonds is 5. The molecule has 0 saturated carbocycles. The standard InChI is InChI=1S/C19H17N3O2/c20-19(23)22-21-12-14-5-3-9-17(11-14)24-13-16-8-4-7-15-6-1-2-10-18(15)16/h1-12H,13H2,(H3,20,22,23)/b21-12+. The molecule has 3 rings (SSSR count). The van der Waals surface area contributed by atoms with E-state index in [1.807, 2.05) is 42.5 Å². The highest BCUT2D eigenvalue weighted by atomic mass is 16.5. The van der Waals surface area contributed by atoms with E-state index in [1.54, 1.807) is 0 Å². The summed E-state index contributed by atoms with van der Waals surface area (Å²) in [6.45, 7) is 0.474. The lowest BCUT2D eigenvalue weighted by Crippen LogP contribution is -2.24. The number of hydrogen-bond acceptors (Lipinski definition) is 3. The molecule has 0 aliphatic rings. The Hall–Kier alpha value is -3.34. The zero-order chi connectivity index (χ0) is 16.8. The Balaban J connectivity index is 1.72. The van der Waals surface area contributed by atoms with E-state index in [2.05, 4.69) is 34.8 Å². The molecule has 0 fully saturated rings. The van der Waals surface area contributed by atoms with Crippen LogP contribution in [0.4, 0.5) is 4.79 Å². The number of carbonyl (C=O) groups excluding carboxylic acids is 1. The Labute approximate surface area is 139 Å². The fourth-order valence-corrected chi connectivity index (χ4v) is 2.43. The molecule has 0 saturated heterocycles. The third-order valence-corrected chi connectivity index (χ3v) is 3.52. The van der Waals surface area contributed by atoms with E-state index < -0.39 is 6.03 Å². The van der Waals surface area contributed by atoms with Crippen LogP contribution in [-0.4, -0.2) is 12.2 Å². The minimum absolute atomic E-state index is 0.474. The van der Waals surface area contributed by atoms with Crippen LogP contribution < -0.4 is 15.9 Å². The number of hydrazone groups is 1. The summed E-state index contributed by atoms with van der Waals surface area (Å²) >= 11 is 0. The Morgan fingerprint density at radius 1 is 1.08 bits per heavy atom. The van der Waals surface area contributed by atoms with Gasteiger partial charge in [-0.1, -0.05) is 54.6 Å². The fourth-order valence-electron chi connectivity index (χ4n) is 2.43. The largest absolute Gasteiger partial charge is 0.489 e. The second-order valence-electron chi connectivity index (χ2n) is 5.23. The van der Waals surface area contributed by atoms with E-state index >= 15 is 0 Å². The summed E-state index contributed by atoms with van der Waals surface area (Å²) in [5.41, 5.74) is 9.05. The van der Waals surface area contributed by atoms with E-state index in [4.69, 9.17) is 10.5 Å². The lowest BCUT2D eigenvalue weighted by atomic mass is 10.1. The number of carbonyl (C=O) groups is 1. The highest BCUT2D eigenvalue weighted by Crippen LogP contribution is 2.21. The van der Waals surface area contributed by atoms with Crippen molar-refractivity contribution in [1.29, 1.82) is 0 Å². The Bertz CT molecular complexity index is 885. The molecular weight excluding hydrogens is 302 g/mol. The number of nitrogens with two attached hydrogens (primary N) is 1. The van der Waals surface area contributed by atoms with Crippen molar-refractivity contribution in [3.63, 3.8) is 0 Å². The van der Waals surface area contributed by atoms with Crippen molar-refractivity contribution in [2.75, 3.05) is 0 Å². The molecule has 0 aliphatic heterocycles. The van der Waals surface area contributed by atoms with Crippen LogP contribution in [-0.2, 0) is 6.61 Å². The monoisotopic (exact) mass is 319 g/mol. The van der Waals surface area contributed by atoms with Crippen LogP contribution in [0.3, 0.4) is 0 Å². The second-order valence-corrected chi connectivity index (χ2v) is 5.23. The first kappa shape index (κ1) is 15.6. The third-order valence-electron chi connectivity index (χ3n) is 3.52. The summed E-state index contributed by atoms with van der Waals surface area (Å²) in [5.74, 6) is 0.728. The molecule has 0 radical (unpaired) electrons. The predicted molar refractivity (Wildman–Crippen MR) is 95.0 cm³/mol. The highest BCUT2D eigenvalue weighted by Gasteiger charge is 2.02. The molecule has 0 atom stereocenters. The second kappa shape index (κ2) is 7.28. The van der Waals surface area contributed by atoms with Crippen LogP contribution in [0.25, 0.3) is 10.8 Å². The van der Waals surface area contributed by atoms with Gasteiger partial charge in [0.15, 0.2) is 0 Å². The Morgan fingerprint density at radius 3 is 2.75 bits per heavy atom. The van der Waals surface area contributed by atoms with Gasteiger partial charge in [-0.05, 0) is 34.0 Å². The number of amides is 2. The molecule has 0 aliphatic carbocycles. The number of primary amides is 1. The summed E-state index contributed by atoms with van der Waals surface area (Å²) in [6, 6.07) is 21.1. The average Bonchev–Trinajstić information content (AvgIpc) is 2.60. The molecule has 24 heavy (non-hydrogen) atoms. The number of benzene rings is 3. The van der Waals surface area contributed by atoms with Gasteiger partial charge in [0.1, 0.15) is 12.4 Å². The maximum absolute atomic E-state index is 10.6. The zero-order valence-electron chi connectivity index (χ0n) is 13.0. The fraction of sp³-hybridized carbons (Fsp3) is 0.0526. The first-order valence-electron chi connectivity index (χ1n) is 7.50. The molecule has 3 N–H and O–H groups in total. The number of urea groups is 1. The van der Waals surface area contributed by atoms with Crippen molar-refractivity contribution in [1.82, 2.24) is 5.43 Å². The van der Waals surface area contributed by atoms with Gasteiger partial charge < -0.3 is 10.5 Å². The summed E-state index contributed by atoms with van der Waals surface area (Å²) in [6.07, 6.45) is 1.51. The van der Waals surface area contributed by atoms with Gasteiger partial charge in [-0.2, -0.15) is 5.10 Å². The van der Waals surface area contributed by atoms with Gasteiger partial charge in [0.2, 0.25) is 0 Å². The minimum Gasteiger partial charge on any atom is -0.489 e. The SMILES string of the molecule is NC(=O)N/N=C/c1cccc(OCc2cccc3ccccc23)c1. The van der Waals surface area contributed by atoms with Gasteiger partial charge in [-0.15, -0.1) is 0 Å². The van der Waals surface area contributed by atoms with Crippen LogP contribution in [0, 0.1) is 0 Å². The number of fused-ring (bicyclic) bond motifs is 1. The summed E-state index contributed by atoms with van der Waals surface area (Å²) < 4.78 is 5.89. The average molecular weight is 319 g/mol. The van der Waals surface area contributed by atoms with Gasteiger partial charge in [0, 0.05) is 0 Å². The van der Waals surface area contributed by atoms with Crippen molar-refractivity contribution in [2.45, 2.75) is 6.61 Å². The first-order valence-corrected chi connectivity index (χ1v) is 7.50. The lowest BCUT2D eigenvalue weighted by molar-refractivity contribution is 0.249. The Kier molecular flexibility index (Phi) is 4.72. The third kappa shape index (κ3) is 3.89. The van der Waals surface area contributed by atoms with Gasteiger partial charge in [-0.25, -0.2) is 10.2 Å². The molecule has 0 aromatic heterocycles. The topological polar surface area (TPSA) is 76.7 Å². The minimum atomic E-state index is -0.699. The van der Waals surface area contributed by atoms with Crippen molar-refractivity contribution < 1.29 is 9.53 Å². The molecule has 0 bridgehead atoms. The molecule has 5 heteroatoms. The van der Waals surface area contributed by atoms with Crippen molar-refractivity contribution in [3.05, 3.63) is 77.9 Å². The molecule has 0 spiro atoms. The van der Waals surface area contributed by atoms with Gasteiger partial charge in [0.05, 0.1) is 6.21 Å². The summed E-state index contributed by atoms with van der Waals surface area (Å²) in [5, 5.41) is 6.11. The van der Waals surface area contributed by atoms with Crippen molar-refractivity contribution in [2.24, 2.45) is 10.8 Å². The van der Waals surface area contributed by atoms with Crippen LogP contribution in [0.5, 0.6) is 5.75 Å². The van der Waals surface area contributed by atoms with Crippen molar-refractivity contribution >= 4 is 23.0 Å². The smallest absolute Gasteiger partial charge is 0.332 e. The van der Waals surface area contributed by atoms with E-state index in [-0.39, 0.29) is 0 Å². The van der Waals surface area contributed by atoms with E-state index in [1.165, 1.54) is 17.0 Å². The van der Waals surface area contributed by atoms with Crippen LogP contribution in [0.2, 0.25) is 0 Å². The molecular formula is C19H17N3O2. The van der Waals surface area contributed by atoms with Gasteiger partial charge in [0.25, 0.3) is 0 Å². The van der Waals surface area contributed by atoms with Crippen LogP contribution in [0.1, 0.15) is 11.1 Å². The predicted octanol–water partition coefficient (Wildman–Crippen LogP) is 3.42. The first-order chi connectivity index (χ1) is 11.7. The lowest BCUT2D eigenvalue weighted by Gasteiger charge is -2.09. The maximum Gasteiger partial charge on any atom is 0.332 e. The van der Waals surface area contributed by atoms with E-state index in [0.29, 0.717) is 6.61 Å². The van der Waals surface area contributed by atoms with Gasteiger partial charge in [-0.3, -0.25) is 0 Å². The van der Waals surface area contributed by atoms with Crippen LogP contribution >= 0.6 is 0 Å². The quantitative estimate of drug-likeness (QED) is 0.558.